The molecule has 4 nitrogen and oxygen atoms in total. The van der Waals surface area contributed by atoms with E-state index in [9.17, 15) is 18.0 Å². The van der Waals surface area contributed by atoms with Gasteiger partial charge >= 0.3 is 12.1 Å². The number of hydrogen-bond acceptors (Lipinski definition) is 4. The summed E-state index contributed by atoms with van der Waals surface area (Å²) in [4.78, 5) is 16.0. The fourth-order valence-corrected chi connectivity index (χ4v) is 3.01. The summed E-state index contributed by atoms with van der Waals surface area (Å²) in [6.45, 7) is 1.49. The molecule has 0 unspecified atom stereocenters. The Hall–Kier alpha value is -2.12. The van der Waals surface area contributed by atoms with Crippen molar-refractivity contribution in [2.24, 2.45) is 0 Å². The first-order valence-electron chi connectivity index (χ1n) is 8.17. The third-order valence-electron chi connectivity index (χ3n) is 4.30. The van der Waals surface area contributed by atoms with Crippen LogP contribution >= 0.6 is 0 Å². The summed E-state index contributed by atoms with van der Waals surface area (Å²) in [5.74, 6) is -2.17. The lowest BCUT2D eigenvalue weighted by molar-refractivity contribution is -0.250. The number of hydroxylamine groups is 2. The predicted octanol–water partition coefficient (Wildman–Crippen LogP) is 3.41. The molecule has 0 aliphatic carbocycles. The molecule has 0 aromatic heterocycles. The highest BCUT2D eigenvalue weighted by molar-refractivity contribution is 5.83. The van der Waals surface area contributed by atoms with Gasteiger partial charge in [-0.1, -0.05) is 36.4 Å². The third kappa shape index (κ3) is 4.49. The first-order chi connectivity index (χ1) is 11.9. The molecule has 0 bridgehead atoms. The zero-order valence-corrected chi connectivity index (χ0v) is 13.6. The Morgan fingerprint density at radius 3 is 2.48 bits per heavy atom. The Bertz CT molecular complexity index is 742. The van der Waals surface area contributed by atoms with Crippen molar-refractivity contribution in [1.82, 2.24) is 10.4 Å². The molecule has 1 aliphatic heterocycles. The second-order valence-corrected chi connectivity index (χ2v) is 6.11. The minimum absolute atomic E-state index is 0.122. The van der Waals surface area contributed by atoms with Crippen molar-refractivity contribution in [3.63, 3.8) is 0 Å². The number of piperidine rings is 1. The van der Waals surface area contributed by atoms with Crippen molar-refractivity contribution < 1.29 is 22.8 Å². The molecule has 0 saturated carbocycles. The molecular weight excluding hydrogens is 333 g/mol. The molecule has 7 heteroatoms. The van der Waals surface area contributed by atoms with Crippen LogP contribution in [0, 0.1) is 0 Å². The number of carbonyl (C=O) groups is 1. The van der Waals surface area contributed by atoms with Gasteiger partial charge in [-0.25, -0.2) is 4.79 Å². The molecule has 0 radical (unpaired) electrons. The van der Waals surface area contributed by atoms with E-state index in [1.54, 1.807) is 0 Å². The first-order valence-corrected chi connectivity index (χ1v) is 8.17. The van der Waals surface area contributed by atoms with Crippen LogP contribution in [0.1, 0.15) is 18.4 Å². The second-order valence-electron chi connectivity index (χ2n) is 6.11. The minimum Gasteiger partial charge on any atom is -0.360 e. The van der Waals surface area contributed by atoms with Crippen LogP contribution < -0.4 is 5.32 Å². The normalized spacial score (nSPS) is 16.3. The van der Waals surface area contributed by atoms with Gasteiger partial charge in [0.2, 0.25) is 0 Å². The summed E-state index contributed by atoms with van der Waals surface area (Å²) in [5.41, 5.74) is 0.798. The van der Waals surface area contributed by atoms with Crippen molar-refractivity contribution in [3.8, 4) is 0 Å². The predicted molar refractivity (Wildman–Crippen MR) is 87.5 cm³/mol. The van der Waals surface area contributed by atoms with Gasteiger partial charge in [-0.3, -0.25) is 0 Å². The van der Waals surface area contributed by atoms with Crippen LogP contribution in [0.3, 0.4) is 0 Å². The maximum absolute atomic E-state index is 12.6. The zero-order chi connectivity index (χ0) is 17.9. The highest BCUT2D eigenvalue weighted by Crippen LogP contribution is 2.23. The van der Waals surface area contributed by atoms with Crippen molar-refractivity contribution in [2.45, 2.75) is 31.6 Å². The topological polar surface area (TPSA) is 41.6 Å². The number of carbonyl (C=O) groups excluding carboxylic acids is 1. The van der Waals surface area contributed by atoms with Crippen molar-refractivity contribution in [1.29, 1.82) is 0 Å². The average Bonchev–Trinajstić information content (AvgIpc) is 2.61. The summed E-state index contributed by atoms with van der Waals surface area (Å²) < 4.78 is 37.8. The summed E-state index contributed by atoms with van der Waals surface area (Å²) >= 11 is 0. The van der Waals surface area contributed by atoms with E-state index in [1.807, 2.05) is 42.5 Å². The van der Waals surface area contributed by atoms with E-state index in [0.29, 0.717) is 25.9 Å². The van der Waals surface area contributed by atoms with Gasteiger partial charge in [-0.05, 0) is 48.3 Å². The maximum atomic E-state index is 12.6. The largest absolute Gasteiger partial charge is 0.492 e. The molecule has 2 aromatic carbocycles. The number of rotatable bonds is 4. The molecule has 1 saturated heterocycles. The van der Waals surface area contributed by atoms with E-state index in [2.05, 4.69) is 5.32 Å². The molecule has 2 aromatic rings. The van der Waals surface area contributed by atoms with E-state index in [1.165, 1.54) is 5.06 Å². The van der Waals surface area contributed by atoms with Crippen LogP contribution in [-0.4, -0.2) is 36.3 Å². The highest BCUT2D eigenvalue weighted by atomic mass is 19.4. The van der Waals surface area contributed by atoms with Gasteiger partial charge in [-0.2, -0.15) is 13.2 Å². The Kier molecular flexibility index (Phi) is 5.24. The van der Waals surface area contributed by atoms with Gasteiger partial charge in [-0.15, -0.1) is 5.06 Å². The molecule has 3 rings (SSSR count). The molecule has 1 N–H and O–H groups in total. The van der Waals surface area contributed by atoms with Crippen molar-refractivity contribution >= 4 is 16.7 Å². The van der Waals surface area contributed by atoms with Gasteiger partial charge in [0.15, 0.2) is 0 Å². The van der Waals surface area contributed by atoms with E-state index in [4.69, 9.17) is 4.84 Å². The van der Waals surface area contributed by atoms with Gasteiger partial charge in [0.25, 0.3) is 0 Å². The van der Waals surface area contributed by atoms with E-state index in [0.717, 1.165) is 16.3 Å². The fourth-order valence-electron chi connectivity index (χ4n) is 3.01. The van der Waals surface area contributed by atoms with Crippen molar-refractivity contribution in [3.05, 3.63) is 48.0 Å². The van der Waals surface area contributed by atoms with Gasteiger partial charge < -0.3 is 10.2 Å². The summed E-state index contributed by atoms with van der Waals surface area (Å²) in [5, 5.41) is 6.37. The molecule has 1 aliphatic rings. The highest BCUT2D eigenvalue weighted by Gasteiger charge is 2.43. The average molecular weight is 352 g/mol. The second kappa shape index (κ2) is 7.41. The number of benzene rings is 2. The molecule has 134 valence electrons. The van der Waals surface area contributed by atoms with Gasteiger partial charge in [0, 0.05) is 6.04 Å². The molecule has 0 amide bonds. The van der Waals surface area contributed by atoms with Gasteiger partial charge in [0.05, 0.1) is 6.54 Å². The van der Waals surface area contributed by atoms with Crippen LogP contribution in [0.2, 0.25) is 0 Å². The SMILES string of the molecule is O=C(ON(Cc1ccc2ccccc2c1)C1CCNCC1)C(F)(F)F. The van der Waals surface area contributed by atoms with Crippen LogP contribution in [0.5, 0.6) is 0 Å². The number of halogens is 3. The number of nitrogens with zero attached hydrogens (tertiary/aromatic N) is 1. The van der Waals surface area contributed by atoms with Crippen molar-refractivity contribution in [2.75, 3.05) is 13.1 Å². The number of fused-ring (bicyclic) bond motifs is 1. The lowest BCUT2D eigenvalue weighted by Crippen LogP contribution is -2.45. The first kappa shape index (κ1) is 17.7. The molecule has 1 fully saturated rings. The zero-order valence-electron chi connectivity index (χ0n) is 13.6. The van der Waals surface area contributed by atoms with E-state index >= 15 is 0 Å². The monoisotopic (exact) mass is 352 g/mol. The standard InChI is InChI=1S/C18H19F3N2O2/c19-18(20,21)17(24)25-23(16-7-9-22-10-8-16)12-13-5-6-14-3-1-2-4-15(14)11-13/h1-6,11,16,22H,7-10,12H2. The lowest BCUT2D eigenvalue weighted by Gasteiger charge is -2.33. The maximum Gasteiger partial charge on any atom is 0.492 e. The number of hydrogen-bond donors (Lipinski definition) is 1. The molecule has 0 atom stereocenters. The third-order valence-corrected chi connectivity index (χ3v) is 4.30. The number of nitrogens with one attached hydrogen (secondary N) is 1. The smallest absolute Gasteiger partial charge is 0.360 e. The number of alkyl halides is 3. The van der Waals surface area contributed by atoms with Crippen LogP contribution in [0.15, 0.2) is 42.5 Å². The molecule has 0 spiro atoms. The Morgan fingerprint density at radius 1 is 1.12 bits per heavy atom. The summed E-state index contributed by atoms with van der Waals surface area (Å²) in [6, 6.07) is 13.2. The Labute approximate surface area is 143 Å². The summed E-state index contributed by atoms with van der Waals surface area (Å²) in [6.07, 6.45) is -3.76. The Balaban J connectivity index is 1.80. The molecular formula is C18H19F3N2O2. The van der Waals surface area contributed by atoms with E-state index in [-0.39, 0.29) is 12.6 Å². The van der Waals surface area contributed by atoms with Crippen LogP contribution in [-0.2, 0) is 16.2 Å². The Morgan fingerprint density at radius 2 is 1.80 bits per heavy atom. The van der Waals surface area contributed by atoms with Crippen LogP contribution in [0.4, 0.5) is 13.2 Å². The van der Waals surface area contributed by atoms with Crippen LogP contribution in [0.25, 0.3) is 10.8 Å². The summed E-state index contributed by atoms with van der Waals surface area (Å²) in [7, 11) is 0. The quantitative estimate of drug-likeness (QED) is 0.857. The molecule has 1 heterocycles. The minimum atomic E-state index is -5.01. The fraction of sp³-hybridized carbons (Fsp3) is 0.389. The van der Waals surface area contributed by atoms with E-state index < -0.39 is 12.1 Å². The molecule has 25 heavy (non-hydrogen) atoms. The van der Waals surface area contributed by atoms with Gasteiger partial charge in [0.1, 0.15) is 0 Å². The lowest BCUT2D eigenvalue weighted by atomic mass is 10.0.